The fraction of sp³-hybridized carbons (Fsp3) is 0.852. The molecule has 0 bridgehead atoms. The Bertz CT molecular complexity index is 718. The fourth-order valence-corrected chi connectivity index (χ4v) is 8.57. The van der Waals surface area contributed by atoms with E-state index in [1.807, 2.05) is 6.08 Å². The highest BCUT2D eigenvalue weighted by Crippen LogP contribution is 2.63. The zero-order valence-electron chi connectivity index (χ0n) is 19.0. The summed E-state index contributed by atoms with van der Waals surface area (Å²) < 4.78 is 6.18. The molecule has 0 aliphatic heterocycles. The van der Waals surface area contributed by atoms with Crippen LogP contribution >= 0.6 is 0 Å². The zero-order valence-corrected chi connectivity index (χ0v) is 19.0. The molecule has 0 aromatic carbocycles. The van der Waals surface area contributed by atoms with Gasteiger partial charge in [-0.15, -0.1) is 0 Å². The Morgan fingerprint density at radius 1 is 1.13 bits per heavy atom. The number of ketones is 1. The molecule has 7 atom stereocenters. The molecular weight excluding hydrogens is 372 g/mol. The molecule has 7 unspecified atom stereocenters. The number of carbonyl (C=O) groups excluding carboxylic acids is 2. The maximum atomic E-state index is 12.7. The highest BCUT2D eigenvalue weighted by molar-refractivity contribution is 5.91. The van der Waals surface area contributed by atoms with Gasteiger partial charge in [-0.1, -0.05) is 45.1 Å². The van der Waals surface area contributed by atoms with Gasteiger partial charge in [0.2, 0.25) is 0 Å². The summed E-state index contributed by atoms with van der Waals surface area (Å²) in [6.07, 6.45) is 16.7. The third-order valence-electron chi connectivity index (χ3n) is 10.1. The highest BCUT2D eigenvalue weighted by Gasteiger charge is 2.59. The lowest BCUT2D eigenvalue weighted by Gasteiger charge is -2.55. The van der Waals surface area contributed by atoms with Crippen LogP contribution in [0.4, 0.5) is 0 Å². The number of fused-ring (bicyclic) bond motifs is 5. The molecule has 3 nitrogen and oxygen atoms in total. The first kappa shape index (κ1) is 20.8. The third-order valence-corrected chi connectivity index (χ3v) is 10.1. The van der Waals surface area contributed by atoms with Gasteiger partial charge in [0.1, 0.15) is 6.10 Å². The van der Waals surface area contributed by atoms with E-state index in [2.05, 4.69) is 13.8 Å². The molecular formula is C27H40O3. The quantitative estimate of drug-likeness (QED) is 0.512. The molecule has 5 rings (SSSR count). The summed E-state index contributed by atoms with van der Waals surface area (Å²) >= 11 is 0. The van der Waals surface area contributed by atoms with Crippen LogP contribution in [0.5, 0.6) is 0 Å². The van der Waals surface area contributed by atoms with Gasteiger partial charge in [-0.3, -0.25) is 9.59 Å². The molecule has 0 spiro atoms. The summed E-state index contributed by atoms with van der Waals surface area (Å²) in [6, 6.07) is 0. The Hall–Kier alpha value is -1.12. The molecule has 4 saturated carbocycles. The monoisotopic (exact) mass is 412 g/mol. The normalized spacial score (nSPS) is 43.5. The van der Waals surface area contributed by atoms with E-state index in [4.69, 9.17) is 4.74 Å². The average Bonchev–Trinajstić information content (AvgIpc) is 3.34. The topological polar surface area (TPSA) is 43.4 Å². The molecule has 0 heterocycles. The van der Waals surface area contributed by atoms with E-state index in [-0.39, 0.29) is 17.5 Å². The van der Waals surface area contributed by atoms with Gasteiger partial charge in [0, 0.05) is 18.3 Å². The lowest BCUT2D eigenvalue weighted by atomic mass is 9.49. The van der Waals surface area contributed by atoms with Crippen LogP contribution in [0, 0.1) is 40.9 Å². The maximum Gasteiger partial charge on any atom is 0.306 e. The predicted octanol–water partition coefficient (Wildman–Crippen LogP) is 6.26. The standard InChI is InChI=1S/C27H40O3/c1-17-15-19-16-20(28)8-9-21(19)22-13-14-27(2)23(26(17)22)10-11-24(27)30-25(29)12-7-18-5-3-4-6-18/h16-18,21-24,26H,3-15H2,1-2H3. The van der Waals surface area contributed by atoms with E-state index in [0.29, 0.717) is 30.0 Å². The number of rotatable bonds is 4. The van der Waals surface area contributed by atoms with Crippen molar-refractivity contribution in [1.29, 1.82) is 0 Å². The molecule has 5 aliphatic rings. The van der Waals surface area contributed by atoms with Crippen molar-refractivity contribution in [1.82, 2.24) is 0 Å². The predicted molar refractivity (Wildman–Crippen MR) is 118 cm³/mol. The molecule has 0 aromatic rings. The van der Waals surface area contributed by atoms with Gasteiger partial charge in [-0.25, -0.2) is 0 Å². The number of hydrogen-bond acceptors (Lipinski definition) is 3. The van der Waals surface area contributed by atoms with Crippen molar-refractivity contribution >= 4 is 11.8 Å². The zero-order chi connectivity index (χ0) is 20.9. The van der Waals surface area contributed by atoms with Gasteiger partial charge in [-0.2, -0.15) is 0 Å². The largest absolute Gasteiger partial charge is 0.462 e. The molecule has 30 heavy (non-hydrogen) atoms. The Labute approximate surface area is 182 Å². The Balaban J connectivity index is 1.26. The second kappa shape index (κ2) is 8.10. The lowest BCUT2D eigenvalue weighted by molar-refractivity contribution is -0.160. The number of carbonyl (C=O) groups is 2. The smallest absolute Gasteiger partial charge is 0.306 e. The van der Waals surface area contributed by atoms with E-state index in [9.17, 15) is 9.59 Å². The van der Waals surface area contributed by atoms with Crippen molar-refractivity contribution in [2.24, 2.45) is 40.9 Å². The number of hydrogen-bond donors (Lipinski definition) is 0. The van der Waals surface area contributed by atoms with Gasteiger partial charge in [0.25, 0.3) is 0 Å². The van der Waals surface area contributed by atoms with Gasteiger partial charge >= 0.3 is 5.97 Å². The molecule has 166 valence electrons. The van der Waals surface area contributed by atoms with E-state index >= 15 is 0 Å². The van der Waals surface area contributed by atoms with Crippen LogP contribution in [0.25, 0.3) is 0 Å². The second-order valence-electron chi connectivity index (χ2n) is 11.6. The SMILES string of the molecule is CC1CC2=CC(=O)CCC2C2CCC3(C)C(OC(=O)CCC4CCCC4)CCC3C12. The summed E-state index contributed by atoms with van der Waals surface area (Å²) in [4.78, 5) is 24.7. The number of esters is 1. The minimum absolute atomic E-state index is 0.0589. The van der Waals surface area contributed by atoms with Crippen molar-refractivity contribution in [2.75, 3.05) is 0 Å². The van der Waals surface area contributed by atoms with Crippen molar-refractivity contribution < 1.29 is 14.3 Å². The molecule has 0 aromatic heterocycles. The summed E-state index contributed by atoms with van der Waals surface area (Å²) in [5.41, 5.74) is 1.61. The summed E-state index contributed by atoms with van der Waals surface area (Å²) in [5.74, 6) is 4.60. The summed E-state index contributed by atoms with van der Waals surface area (Å²) in [7, 11) is 0. The molecule has 0 amide bonds. The van der Waals surface area contributed by atoms with Gasteiger partial charge in [-0.05, 0) is 86.5 Å². The van der Waals surface area contributed by atoms with Gasteiger partial charge in [0.15, 0.2) is 5.78 Å². The highest BCUT2D eigenvalue weighted by atomic mass is 16.5. The summed E-state index contributed by atoms with van der Waals surface area (Å²) in [5, 5.41) is 0. The van der Waals surface area contributed by atoms with Crippen LogP contribution in [0.1, 0.15) is 97.3 Å². The third kappa shape index (κ3) is 3.58. The number of allylic oxidation sites excluding steroid dienone is 1. The van der Waals surface area contributed by atoms with Gasteiger partial charge in [0.05, 0.1) is 0 Å². The first-order valence-electron chi connectivity index (χ1n) is 12.9. The van der Waals surface area contributed by atoms with Crippen LogP contribution < -0.4 is 0 Å². The summed E-state index contributed by atoms with van der Waals surface area (Å²) in [6.45, 7) is 4.85. The molecule has 4 fully saturated rings. The molecule has 0 radical (unpaired) electrons. The van der Waals surface area contributed by atoms with Gasteiger partial charge < -0.3 is 4.74 Å². The van der Waals surface area contributed by atoms with Crippen LogP contribution in [-0.4, -0.2) is 17.9 Å². The van der Waals surface area contributed by atoms with Crippen LogP contribution in [-0.2, 0) is 14.3 Å². The van der Waals surface area contributed by atoms with Crippen LogP contribution in [0.3, 0.4) is 0 Å². The fourth-order valence-electron chi connectivity index (χ4n) is 8.57. The van der Waals surface area contributed by atoms with Crippen molar-refractivity contribution in [3.05, 3.63) is 11.6 Å². The van der Waals surface area contributed by atoms with Crippen molar-refractivity contribution in [3.63, 3.8) is 0 Å². The van der Waals surface area contributed by atoms with E-state index in [0.717, 1.165) is 49.9 Å². The van der Waals surface area contributed by atoms with E-state index < -0.39 is 0 Å². The minimum Gasteiger partial charge on any atom is -0.462 e. The average molecular weight is 413 g/mol. The minimum atomic E-state index is 0.0589. The van der Waals surface area contributed by atoms with Crippen molar-refractivity contribution in [2.45, 2.75) is 103 Å². The Morgan fingerprint density at radius 3 is 2.73 bits per heavy atom. The van der Waals surface area contributed by atoms with Crippen LogP contribution in [0.15, 0.2) is 11.6 Å². The number of ether oxygens (including phenoxy) is 1. The van der Waals surface area contributed by atoms with E-state index in [1.165, 1.54) is 50.5 Å². The van der Waals surface area contributed by atoms with E-state index in [1.54, 1.807) is 0 Å². The lowest BCUT2D eigenvalue weighted by Crippen LogP contribution is -2.50. The van der Waals surface area contributed by atoms with Crippen LogP contribution in [0.2, 0.25) is 0 Å². The van der Waals surface area contributed by atoms with Crippen molar-refractivity contribution in [3.8, 4) is 0 Å². The molecule has 3 heteroatoms. The first-order chi connectivity index (χ1) is 14.5. The molecule has 0 saturated heterocycles. The second-order valence-corrected chi connectivity index (χ2v) is 11.6. The first-order valence-corrected chi connectivity index (χ1v) is 12.9. The Kier molecular flexibility index (Phi) is 5.60. The maximum absolute atomic E-state index is 12.7. The molecule has 0 N–H and O–H groups in total. The Morgan fingerprint density at radius 2 is 1.93 bits per heavy atom. The molecule has 5 aliphatic carbocycles.